The van der Waals surface area contributed by atoms with Crippen LogP contribution in [0.3, 0.4) is 0 Å². The highest BCUT2D eigenvalue weighted by Gasteiger charge is 2.22. The number of hydrogen-bond donors (Lipinski definition) is 1. The van der Waals surface area contributed by atoms with Crippen LogP contribution in [-0.4, -0.2) is 11.7 Å². The summed E-state index contributed by atoms with van der Waals surface area (Å²) in [7, 11) is 0. The summed E-state index contributed by atoms with van der Waals surface area (Å²) in [4.78, 5) is 0. The first kappa shape index (κ1) is 12.2. The summed E-state index contributed by atoms with van der Waals surface area (Å²) >= 11 is 0. The Morgan fingerprint density at radius 1 is 1.40 bits per heavy atom. The molecule has 0 aliphatic carbocycles. The van der Waals surface area contributed by atoms with Crippen molar-refractivity contribution in [1.82, 2.24) is 0 Å². The molecule has 0 heterocycles. The van der Waals surface area contributed by atoms with Gasteiger partial charge in [0.25, 0.3) is 0 Å². The monoisotopic (exact) mass is 210 g/mol. The molecule has 0 amide bonds. The van der Waals surface area contributed by atoms with E-state index in [0.29, 0.717) is 0 Å². The van der Waals surface area contributed by atoms with Crippen molar-refractivity contribution in [3.05, 3.63) is 35.6 Å². The maximum atomic E-state index is 13.0. The van der Waals surface area contributed by atoms with Gasteiger partial charge in [0.2, 0.25) is 0 Å². The summed E-state index contributed by atoms with van der Waals surface area (Å²) in [5, 5.41) is 9.35. The fraction of sp³-hybridized carbons (Fsp3) is 0.538. The lowest BCUT2D eigenvalue weighted by Crippen LogP contribution is -2.24. The van der Waals surface area contributed by atoms with Gasteiger partial charge in [-0.05, 0) is 36.0 Å². The van der Waals surface area contributed by atoms with E-state index >= 15 is 0 Å². The Morgan fingerprint density at radius 3 is 2.67 bits per heavy atom. The van der Waals surface area contributed by atoms with E-state index < -0.39 is 0 Å². The molecule has 84 valence electrons. The minimum atomic E-state index is -0.204. The van der Waals surface area contributed by atoms with Crippen LogP contribution in [0.15, 0.2) is 24.3 Å². The topological polar surface area (TPSA) is 20.2 Å². The molecule has 1 aromatic rings. The number of rotatable bonds is 5. The van der Waals surface area contributed by atoms with Gasteiger partial charge >= 0.3 is 0 Å². The van der Waals surface area contributed by atoms with Gasteiger partial charge in [0, 0.05) is 6.61 Å². The fourth-order valence-corrected chi connectivity index (χ4v) is 1.97. The van der Waals surface area contributed by atoms with Crippen molar-refractivity contribution in [3.63, 3.8) is 0 Å². The molecule has 0 saturated heterocycles. The Kier molecular flexibility index (Phi) is 4.28. The van der Waals surface area contributed by atoms with E-state index in [-0.39, 0.29) is 17.8 Å². The molecule has 1 nitrogen and oxygen atoms in total. The number of benzene rings is 1. The van der Waals surface area contributed by atoms with Crippen molar-refractivity contribution in [2.75, 3.05) is 6.61 Å². The number of aliphatic hydroxyl groups excluding tert-OH is 1. The minimum absolute atomic E-state index is 0.122. The van der Waals surface area contributed by atoms with Gasteiger partial charge in [-0.25, -0.2) is 4.39 Å². The molecule has 0 aliphatic heterocycles. The molecule has 2 heteroatoms. The van der Waals surface area contributed by atoms with Crippen LogP contribution >= 0.6 is 0 Å². The largest absolute Gasteiger partial charge is 0.396 e. The van der Waals surface area contributed by atoms with Crippen molar-refractivity contribution in [2.24, 2.45) is 5.41 Å². The molecule has 0 aromatic heterocycles. The Labute approximate surface area is 90.9 Å². The van der Waals surface area contributed by atoms with Crippen LogP contribution in [0, 0.1) is 11.2 Å². The number of aliphatic hydroxyl groups is 1. The molecule has 0 saturated carbocycles. The van der Waals surface area contributed by atoms with E-state index in [1.54, 1.807) is 12.1 Å². The summed E-state index contributed by atoms with van der Waals surface area (Å²) in [6.45, 7) is 4.29. The molecule has 0 radical (unpaired) electrons. The van der Waals surface area contributed by atoms with Crippen LogP contribution in [0.25, 0.3) is 0 Å². The first-order chi connectivity index (χ1) is 7.09. The van der Waals surface area contributed by atoms with Crippen molar-refractivity contribution >= 4 is 0 Å². The molecule has 1 N–H and O–H groups in total. The second-order valence-corrected chi connectivity index (χ2v) is 4.53. The average molecular weight is 210 g/mol. The van der Waals surface area contributed by atoms with E-state index in [2.05, 4.69) is 6.92 Å². The van der Waals surface area contributed by atoms with Crippen LogP contribution in [0.2, 0.25) is 0 Å². The van der Waals surface area contributed by atoms with Crippen LogP contribution in [0.4, 0.5) is 4.39 Å². The van der Waals surface area contributed by atoms with Gasteiger partial charge in [-0.1, -0.05) is 32.4 Å². The smallest absolute Gasteiger partial charge is 0.123 e. The predicted molar refractivity (Wildman–Crippen MR) is 60.2 cm³/mol. The van der Waals surface area contributed by atoms with Gasteiger partial charge in [-0.2, -0.15) is 0 Å². The molecule has 1 rings (SSSR count). The van der Waals surface area contributed by atoms with Crippen molar-refractivity contribution in [1.29, 1.82) is 0 Å². The second-order valence-electron chi connectivity index (χ2n) is 4.53. The normalized spacial score (nSPS) is 14.9. The standard InChI is InChI=1S/C13H19FO/c1-3-7-13(2,10-15)9-11-5-4-6-12(14)8-11/h4-6,8,15H,3,7,9-10H2,1-2H3. The van der Waals surface area contributed by atoms with Gasteiger partial charge in [0.05, 0.1) is 0 Å². The van der Waals surface area contributed by atoms with E-state index in [0.717, 1.165) is 24.8 Å². The molecular formula is C13H19FO. The fourth-order valence-electron chi connectivity index (χ4n) is 1.97. The quantitative estimate of drug-likeness (QED) is 0.791. The molecular weight excluding hydrogens is 191 g/mol. The van der Waals surface area contributed by atoms with Crippen LogP contribution < -0.4 is 0 Å². The molecule has 0 bridgehead atoms. The summed E-state index contributed by atoms with van der Waals surface area (Å²) in [5.41, 5.74) is 0.836. The minimum Gasteiger partial charge on any atom is -0.396 e. The van der Waals surface area contributed by atoms with E-state index in [1.165, 1.54) is 6.07 Å². The van der Waals surface area contributed by atoms with Crippen LogP contribution in [-0.2, 0) is 6.42 Å². The third-order valence-corrected chi connectivity index (χ3v) is 2.76. The molecule has 0 fully saturated rings. The highest BCUT2D eigenvalue weighted by molar-refractivity contribution is 5.17. The molecule has 1 atom stereocenters. The Hall–Kier alpha value is -0.890. The van der Waals surface area contributed by atoms with Crippen LogP contribution in [0.1, 0.15) is 32.3 Å². The maximum Gasteiger partial charge on any atom is 0.123 e. The average Bonchev–Trinajstić information content (AvgIpc) is 2.18. The zero-order valence-corrected chi connectivity index (χ0v) is 9.46. The summed E-state index contributed by atoms with van der Waals surface area (Å²) < 4.78 is 13.0. The lowest BCUT2D eigenvalue weighted by atomic mass is 9.80. The molecule has 1 unspecified atom stereocenters. The molecule has 0 aliphatic rings. The Bertz CT molecular complexity index is 311. The molecule has 1 aromatic carbocycles. The maximum absolute atomic E-state index is 13.0. The second kappa shape index (κ2) is 5.26. The zero-order chi connectivity index (χ0) is 11.3. The predicted octanol–water partition coefficient (Wildman–Crippen LogP) is 3.17. The summed E-state index contributed by atoms with van der Waals surface area (Å²) in [5.74, 6) is -0.204. The van der Waals surface area contributed by atoms with Crippen molar-refractivity contribution in [2.45, 2.75) is 33.1 Å². The highest BCUT2D eigenvalue weighted by Crippen LogP contribution is 2.27. The van der Waals surface area contributed by atoms with Gasteiger partial charge in [-0.15, -0.1) is 0 Å². The third kappa shape index (κ3) is 3.63. The number of hydrogen-bond acceptors (Lipinski definition) is 1. The van der Waals surface area contributed by atoms with Gasteiger partial charge in [-0.3, -0.25) is 0 Å². The van der Waals surface area contributed by atoms with Gasteiger partial charge in [0.1, 0.15) is 5.82 Å². The van der Waals surface area contributed by atoms with E-state index in [1.807, 2.05) is 13.0 Å². The molecule has 0 spiro atoms. The first-order valence-electron chi connectivity index (χ1n) is 5.45. The number of halogens is 1. The van der Waals surface area contributed by atoms with E-state index in [9.17, 15) is 9.50 Å². The Balaban J connectivity index is 2.74. The van der Waals surface area contributed by atoms with E-state index in [4.69, 9.17) is 0 Å². The van der Waals surface area contributed by atoms with Gasteiger partial charge < -0.3 is 5.11 Å². The summed E-state index contributed by atoms with van der Waals surface area (Å²) in [6.07, 6.45) is 2.72. The lowest BCUT2D eigenvalue weighted by molar-refractivity contribution is 0.131. The highest BCUT2D eigenvalue weighted by atomic mass is 19.1. The Morgan fingerprint density at radius 2 is 2.13 bits per heavy atom. The molecule has 15 heavy (non-hydrogen) atoms. The zero-order valence-electron chi connectivity index (χ0n) is 9.46. The summed E-state index contributed by atoms with van der Waals surface area (Å²) in [6, 6.07) is 6.62. The third-order valence-electron chi connectivity index (χ3n) is 2.76. The lowest BCUT2D eigenvalue weighted by Gasteiger charge is -2.26. The van der Waals surface area contributed by atoms with Crippen LogP contribution in [0.5, 0.6) is 0 Å². The van der Waals surface area contributed by atoms with Gasteiger partial charge in [0.15, 0.2) is 0 Å². The van der Waals surface area contributed by atoms with Crippen molar-refractivity contribution in [3.8, 4) is 0 Å². The first-order valence-corrected chi connectivity index (χ1v) is 5.45. The SMILES string of the molecule is CCCC(C)(CO)Cc1cccc(F)c1. The van der Waals surface area contributed by atoms with Crippen molar-refractivity contribution < 1.29 is 9.50 Å².